The van der Waals surface area contributed by atoms with Crippen LogP contribution in [0.1, 0.15) is 33.3 Å². The van der Waals surface area contributed by atoms with Gasteiger partial charge in [0.25, 0.3) is 0 Å². The maximum atomic E-state index is 11.9. The SMILES string of the molecule is Cc1cc(C)c(NC(=O)c2nnc(C)o2)c(C)c1. The second-order valence-electron chi connectivity index (χ2n) is 4.35. The van der Waals surface area contributed by atoms with E-state index >= 15 is 0 Å². The second-order valence-corrected chi connectivity index (χ2v) is 4.35. The molecule has 5 heteroatoms. The third kappa shape index (κ3) is 2.40. The molecule has 18 heavy (non-hydrogen) atoms. The fraction of sp³-hybridized carbons (Fsp3) is 0.308. The number of anilines is 1. The molecular weight excluding hydrogens is 230 g/mol. The highest BCUT2D eigenvalue weighted by atomic mass is 16.4. The molecule has 94 valence electrons. The zero-order chi connectivity index (χ0) is 13.3. The van der Waals surface area contributed by atoms with Crippen molar-refractivity contribution in [2.75, 3.05) is 5.32 Å². The molecule has 0 aliphatic heterocycles. The summed E-state index contributed by atoms with van der Waals surface area (Å²) in [6.45, 7) is 7.57. The van der Waals surface area contributed by atoms with Gasteiger partial charge in [0.15, 0.2) is 0 Å². The zero-order valence-electron chi connectivity index (χ0n) is 10.9. The Morgan fingerprint density at radius 3 is 2.22 bits per heavy atom. The summed E-state index contributed by atoms with van der Waals surface area (Å²) in [5, 5.41) is 10.1. The summed E-state index contributed by atoms with van der Waals surface area (Å²) in [7, 11) is 0. The van der Waals surface area contributed by atoms with Crippen LogP contribution < -0.4 is 5.32 Å². The van der Waals surface area contributed by atoms with Gasteiger partial charge in [0, 0.05) is 12.6 Å². The fourth-order valence-electron chi connectivity index (χ4n) is 1.93. The number of nitrogens with zero attached hydrogens (tertiary/aromatic N) is 2. The number of hydrogen-bond acceptors (Lipinski definition) is 4. The average Bonchev–Trinajstić information content (AvgIpc) is 2.70. The highest BCUT2D eigenvalue weighted by Crippen LogP contribution is 2.22. The van der Waals surface area contributed by atoms with Crippen molar-refractivity contribution in [3.8, 4) is 0 Å². The Hall–Kier alpha value is -2.17. The topological polar surface area (TPSA) is 68.0 Å². The van der Waals surface area contributed by atoms with Crippen molar-refractivity contribution in [2.24, 2.45) is 0 Å². The van der Waals surface area contributed by atoms with Crippen LogP contribution in [0.2, 0.25) is 0 Å². The van der Waals surface area contributed by atoms with Crippen LogP contribution in [-0.4, -0.2) is 16.1 Å². The lowest BCUT2D eigenvalue weighted by Gasteiger charge is -2.11. The van der Waals surface area contributed by atoms with E-state index in [0.717, 1.165) is 22.4 Å². The summed E-state index contributed by atoms with van der Waals surface area (Å²) in [6, 6.07) is 4.03. The van der Waals surface area contributed by atoms with Gasteiger partial charge in [-0.15, -0.1) is 10.2 Å². The first-order valence-corrected chi connectivity index (χ1v) is 5.66. The molecular formula is C13H15N3O2. The predicted octanol–water partition coefficient (Wildman–Crippen LogP) is 2.56. The Morgan fingerprint density at radius 2 is 1.72 bits per heavy atom. The molecule has 2 rings (SSSR count). The molecule has 0 atom stereocenters. The smallest absolute Gasteiger partial charge is 0.313 e. The minimum Gasteiger partial charge on any atom is -0.417 e. The first-order chi connectivity index (χ1) is 8.47. The van der Waals surface area contributed by atoms with Crippen molar-refractivity contribution >= 4 is 11.6 Å². The van der Waals surface area contributed by atoms with E-state index in [4.69, 9.17) is 4.42 Å². The number of carbonyl (C=O) groups is 1. The molecule has 0 aliphatic carbocycles. The van der Waals surface area contributed by atoms with Crippen LogP contribution in [0, 0.1) is 27.7 Å². The van der Waals surface area contributed by atoms with Gasteiger partial charge in [-0.3, -0.25) is 4.79 Å². The molecule has 1 amide bonds. The van der Waals surface area contributed by atoms with E-state index < -0.39 is 0 Å². The lowest BCUT2D eigenvalue weighted by atomic mass is 10.1. The van der Waals surface area contributed by atoms with Gasteiger partial charge in [0.05, 0.1) is 0 Å². The Morgan fingerprint density at radius 1 is 1.11 bits per heavy atom. The molecule has 0 fully saturated rings. The second kappa shape index (κ2) is 4.60. The molecule has 0 spiro atoms. The number of aromatic nitrogens is 2. The minimum atomic E-state index is -0.384. The summed E-state index contributed by atoms with van der Waals surface area (Å²) in [5.74, 6) is -0.0324. The summed E-state index contributed by atoms with van der Waals surface area (Å²) in [6.07, 6.45) is 0. The summed E-state index contributed by atoms with van der Waals surface area (Å²) in [5.41, 5.74) is 3.98. The van der Waals surface area contributed by atoms with Gasteiger partial charge in [-0.2, -0.15) is 0 Å². The molecule has 0 saturated carbocycles. The lowest BCUT2D eigenvalue weighted by molar-refractivity contribution is 0.0988. The summed E-state index contributed by atoms with van der Waals surface area (Å²) < 4.78 is 5.09. The molecule has 5 nitrogen and oxygen atoms in total. The predicted molar refractivity (Wildman–Crippen MR) is 67.6 cm³/mol. The van der Waals surface area contributed by atoms with Gasteiger partial charge in [-0.25, -0.2) is 0 Å². The number of benzene rings is 1. The van der Waals surface area contributed by atoms with Crippen molar-refractivity contribution in [3.05, 3.63) is 40.6 Å². The maximum absolute atomic E-state index is 11.9. The van der Waals surface area contributed by atoms with E-state index in [1.807, 2.05) is 32.9 Å². The fourth-order valence-corrected chi connectivity index (χ4v) is 1.93. The highest BCUT2D eigenvalue weighted by molar-refractivity contribution is 6.01. The molecule has 0 radical (unpaired) electrons. The van der Waals surface area contributed by atoms with Crippen molar-refractivity contribution in [2.45, 2.75) is 27.7 Å². The van der Waals surface area contributed by atoms with Crippen LogP contribution in [0.4, 0.5) is 5.69 Å². The van der Waals surface area contributed by atoms with E-state index in [9.17, 15) is 4.79 Å². The maximum Gasteiger partial charge on any atom is 0.313 e. The monoisotopic (exact) mass is 245 g/mol. The largest absolute Gasteiger partial charge is 0.417 e. The van der Waals surface area contributed by atoms with E-state index in [0.29, 0.717) is 5.89 Å². The van der Waals surface area contributed by atoms with E-state index in [1.54, 1.807) is 6.92 Å². The zero-order valence-corrected chi connectivity index (χ0v) is 10.9. The molecule has 0 bridgehead atoms. The highest BCUT2D eigenvalue weighted by Gasteiger charge is 2.15. The van der Waals surface area contributed by atoms with Crippen LogP contribution in [0.3, 0.4) is 0 Å². The molecule has 0 saturated heterocycles. The number of amides is 1. The number of rotatable bonds is 2. The van der Waals surface area contributed by atoms with Crippen LogP contribution in [-0.2, 0) is 0 Å². The van der Waals surface area contributed by atoms with Gasteiger partial charge in [-0.1, -0.05) is 17.7 Å². The number of hydrogen-bond donors (Lipinski definition) is 1. The van der Waals surface area contributed by atoms with Gasteiger partial charge in [-0.05, 0) is 31.9 Å². The Labute approximate surface area is 105 Å². The van der Waals surface area contributed by atoms with Crippen LogP contribution >= 0.6 is 0 Å². The Bertz CT molecular complexity index is 579. The van der Waals surface area contributed by atoms with E-state index in [1.165, 1.54) is 0 Å². The van der Waals surface area contributed by atoms with Gasteiger partial charge in [0.1, 0.15) is 0 Å². The van der Waals surface area contributed by atoms with Gasteiger partial charge >= 0.3 is 11.8 Å². The van der Waals surface area contributed by atoms with Crippen molar-refractivity contribution in [1.82, 2.24) is 10.2 Å². The summed E-state index contributed by atoms with van der Waals surface area (Å²) in [4.78, 5) is 11.9. The number of aryl methyl sites for hydroxylation is 4. The van der Waals surface area contributed by atoms with Crippen molar-refractivity contribution < 1.29 is 9.21 Å². The average molecular weight is 245 g/mol. The standard InChI is InChI=1S/C13H15N3O2/c1-7-5-8(2)11(9(3)6-7)14-12(17)13-16-15-10(4)18-13/h5-6H,1-4H3,(H,14,17). The quantitative estimate of drug-likeness (QED) is 0.882. The number of carbonyl (C=O) groups excluding carboxylic acids is 1. The van der Waals surface area contributed by atoms with Gasteiger partial charge < -0.3 is 9.73 Å². The lowest BCUT2D eigenvalue weighted by Crippen LogP contribution is -2.14. The van der Waals surface area contributed by atoms with Crippen LogP contribution in [0.15, 0.2) is 16.5 Å². The van der Waals surface area contributed by atoms with E-state index in [-0.39, 0.29) is 11.8 Å². The number of nitrogens with one attached hydrogen (secondary N) is 1. The van der Waals surface area contributed by atoms with Crippen molar-refractivity contribution in [1.29, 1.82) is 0 Å². The first-order valence-electron chi connectivity index (χ1n) is 5.66. The van der Waals surface area contributed by atoms with Gasteiger partial charge in [0.2, 0.25) is 5.89 Å². The molecule has 1 N–H and O–H groups in total. The minimum absolute atomic E-state index is 0.0214. The Kier molecular flexibility index (Phi) is 3.14. The molecule has 2 aromatic rings. The van der Waals surface area contributed by atoms with E-state index in [2.05, 4.69) is 15.5 Å². The molecule has 1 aromatic heterocycles. The van der Waals surface area contributed by atoms with Crippen LogP contribution in [0.25, 0.3) is 0 Å². The normalized spacial score (nSPS) is 10.4. The third-order valence-corrected chi connectivity index (χ3v) is 2.64. The Balaban J connectivity index is 2.27. The molecule has 0 aliphatic rings. The molecule has 1 heterocycles. The van der Waals surface area contributed by atoms with Crippen LogP contribution in [0.5, 0.6) is 0 Å². The third-order valence-electron chi connectivity index (χ3n) is 2.64. The first kappa shape index (κ1) is 12.3. The molecule has 0 unspecified atom stereocenters. The van der Waals surface area contributed by atoms with Crippen molar-refractivity contribution in [3.63, 3.8) is 0 Å². The molecule has 1 aromatic carbocycles. The summed E-state index contributed by atoms with van der Waals surface area (Å²) >= 11 is 0.